The van der Waals surface area contributed by atoms with Gasteiger partial charge < -0.3 is 10.1 Å². The minimum Gasteiger partial charge on any atom is -0.489 e. The molecule has 0 saturated heterocycles. The summed E-state index contributed by atoms with van der Waals surface area (Å²) in [7, 11) is 0. The Morgan fingerprint density at radius 1 is 1.04 bits per heavy atom. The molecule has 2 aromatic rings. The van der Waals surface area contributed by atoms with Crippen LogP contribution in [0.1, 0.15) is 56.6 Å². The molecule has 0 aliphatic heterocycles. The zero-order valence-corrected chi connectivity index (χ0v) is 15.7. The van der Waals surface area contributed by atoms with E-state index in [0.29, 0.717) is 12.6 Å². The standard InChI is InChI=1S/C23H30FNO/c1-18(15-19-7-3-2-4-8-19)25-16-21-9-5-6-10-23(21)26-17-20-11-13-22(24)14-12-20/h5-6,9-14,18-19,25H,2-4,7-8,15-17H2,1H3. The number of benzene rings is 2. The summed E-state index contributed by atoms with van der Waals surface area (Å²) in [4.78, 5) is 0. The first-order valence-electron chi connectivity index (χ1n) is 9.89. The SMILES string of the molecule is CC(CC1CCCCC1)NCc1ccccc1OCc1ccc(F)cc1. The van der Waals surface area contributed by atoms with Crippen molar-refractivity contribution in [2.45, 2.75) is 64.6 Å². The maximum atomic E-state index is 13.0. The van der Waals surface area contributed by atoms with E-state index in [1.807, 2.05) is 18.2 Å². The molecule has 2 aromatic carbocycles. The minimum absolute atomic E-state index is 0.217. The molecule has 1 N–H and O–H groups in total. The number of ether oxygens (including phenoxy) is 1. The Morgan fingerprint density at radius 3 is 2.54 bits per heavy atom. The van der Waals surface area contributed by atoms with Crippen LogP contribution in [0.15, 0.2) is 48.5 Å². The maximum absolute atomic E-state index is 13.0. The second-order valence-electron chi connectivity index (χ2n) is 7.54. The first-order chi connectivity index (χ1) is 12.7. The highest BCUT2D eigenvalue weighted by atomic mass is 19.1. The van der Waals surface area contributed by atoms with Crippen molar-refractivity contribution in [3.8, 4) is 5.75 Å². The van der Waals surface area contributed by atoms with Gasteiger partial charge in [-0.25, -0.2) is 4.39 Å². The second kappa shape index (κ2) is 9.72. The third-order valence-electron chi connectivity index (χ3n) is 5.33. The minimum atomic E-state index is -0.217. The molecule has 1 aliphatic carbocycles. The predicted octanol–water partition coefficient (Wildman–Crippen LogP) is 5.85. The zero-order valence-electron chi connectivity index (χ0n) is 15.7. The lowest BCUT2D eigenvalue weighted by atomic mass is 9.85. The molecule has 140 valence electrons. The topological polar surface area (TPSA) is 21.3 Å². The fraction of sp³-hybridized carbons (Fsp3) is 0.478. The first kappa shape index (κ1) is 18.9. The molecule has 0 amide bonds. The lowest BCUT2D eigenvalue weighted by Gasteiger charge is -2.25. The molecule has 0 aromatic heterocycles. The number of halogens is 1. The molecular formula is C23H30FNO. The monoisotopic (exact) mass is 355 g/mol. The van der Waals surface area contributed by atoms with Gasteiger partial charge >= 0.3 is 0 Å². The van der Waals surface area contributed by atoms with Gasteiger partial charge in [0, 0.05) is 18.2 Å². The molecule has 3 heteroatoms. The van der Waals surface area contributed by atoms with Gasteiger partial charge in [0.1, 0.15) is 18.2 Å². The molecule has 1 fully saturated rings. The largest absolute Gasteiger partial charge is 0.489 e. The Morgan fingerprint density at radius 2 is 1.77 bits per heavy atom. The highest BCUT2D eigenvalue weighted by Crippen LogP contribution is 2.27. The van der Waals surface area contributed by atoms with Crippen LogP contribution in [0.25, 0.3) is 0 Å². The van der Waals surface area contributed by atoms with Crippen LogP contribution in [0.5, 0.6) is 5.75 Å². The third-order valence-corrected chi connectivity index (χ3v) is 5.33. The highest BCUT2D eigenvalue weighted by Gasteiger charge is 2.16. The molecule has 3 rings (SSSR count). The Bertz CT molecular complexity index is 664. The van der Waals surface area contributed by atoms with Crippen LogP contribution in [-0.4, -0.2) is 6.04 Å². The molecule has 26 heavy (non-hydrogen) atoms. The van der Waals surface area contributed by atoms with Crippen LogP contribution in [0.3, 0.4) is 0 Å². The Labute approximate surface area is 156 Å². The van der Waals surface area contributed by atoms with Crippen LogP contribution in [0.4, 0.5) is 4.39 Å². The van der Waals surface area contributed by atoms with Gasteiger partial charge in [-0.05, 0) is 43.0 Å². The summed E-state index contributed by atoms with van der Waals surface area (Å²) in [6, 6.07) is 15.2. The van der Waals surface area contributed by atoms with E-state index < -0.39 is 0 Å². The summed E-state index contributed by atoms with van der Waals surface area (Å²) in [5, 5.41) is 3.66. The Kier molecular flexibility index (Phi) is 7.07. The molecule has 1 aliphatic rings. The highest BCUT2D eigenvalue weighted by molar-refractivity contribution is 5.33. The van der Waals surface area contributed by atoms with Gasteiger partial charge in [-0.1, -0.05) is 62.4 Å². The van der Waals surface area contributed by atoms with Gasteiger partial charge in [-0.15, -0.1) is 0 Å². The number of hydrogen-bond acceptors (Lipinski definition) is 2. The smallest absolute Gasteiger partial charge is 0.124 e. The molecule has 0 bridgehead atoms. The normalized spacial score (nSPS) is 16.4. The predicted molar refractivity (Wildman–Crippen MR) is 105 cm³/mol. The second-order valence-corrected chi connectivity index (χ2v) is 7.54. The molecule has 0 heterocycles. The Hall–Kier alpha value is -1.87. The van der Waals surface area contributed by atoms with Gasteiger partial charge in [-0.2, -0.15) is 0 Å². The van der Waals surface area contributed by atoms with Crippen molar-refractivity contribution < 1.29 is 9.13 Å². The van der Waals surface area contributed by atoms with E-state index in [1.165, 1.54) is 56.2 Å². The Balaban J connectivity index is 1.50. The summed E-state index contributed by atoms with van der Waals surface area (Å²) < 4.78 is 19.0. The van der Waals surface area contributed by atoms with Crippen molar-refractivity contribution >= 4 is 0 Å². The summed E-state index contributed by atoms with van der Waals surface area (Å²) in [6.45, 7) is 3.55. The van der Waals surface area contributed by atoms with E-state index in [2.05, 4.69) is 18.3 Å². The van der Waals surface area contributed by atoms with Gasteiger partial charge in [0.15, 0.2) is 0 Å². The molecule has 1 unspecified atom stereocenters. The van der Waals surface area contributed by atoms with Crippen LogP contribution in [0, 0.1) is 11.7 Å². The van der Waals surface area contributed by atoms with Crippen molar-refractivity contribution in [2.75, 3.05) is 0 Å². The molecule has 0 radical (unpaired) electrons. The molecule has 1 saturated carbocycles. The van der Waals surface area contributed by atoms with Gasteiger partial charge in [0.05, 0.1) is 0 Å². The van der Waals surface area contributed by atoms with E-state index in [1.54, 1.807) is 12.1 Å². The fourth-order valence-electron chi connectivity index (χ4n) is 3.82. The fourth-order valence-corrected chi connectivity index (χ4v) is 3.82. The van der Waals surface area contributed by atoms with Gasteiger partial charge in [0.2, 0.25) is 0 Å². The third kappa shape index (κ3) is 5.84. The van der Waals surface area contributed by atoms with E-state index in [0.717, 1.165) is 23.8 Å². The quantitative estimate of drug-likeness (QED) is 0.641. The van der Waals surface area contributed by atoms with Crippen molar-refractivity contribution in [2.24, 2.45) is 5.92 Å². The maximum Gasteiger partial charge on any atom is 0.124 e. The van der Waals surface area contributed by atoms with Crippen LogP contribution < -0.4 is 10.1 Å². The van der Waals surface area contributed by atoms with Crippen LogP contribution >= 0.6 is 0 Å². The van der Waals surface area contributed by atoms with E-state index >= 15 is 0 Å². The summed E-state index contributed by atoms with van der Waals surface area (Å²) in [5.41, 5.74) is 2.14. The van der Waals surface area contributed by atoms with Crippen LogP contribution in [0.2, 0.25) is 0 Å². The summed E-state index contributed by atoms with van der Waals surface area (Å²) >= 11 is 0. The summed E-state index contributed by atoms with van der Waals surface area (Å²) in [6.07, 6.45) is 8.26. The van der Waals surface area contributed by atoms with Crippen molar-refractivity contribution in [1.82, 2.24) is 5.32 Å². The average Bonchev–Trinajstić information content (AvgIpc) is 2.67. The molecule has 1 atom stereocenters. The van der Waals surface area contributed by atoms with Crippen molar-refractivity contribution in [1.29, 1.82) is 0 Å². The molecule has 0 spiro atoms. The number of nitrogens with one attached hydrogen (secondary N) is 1. The zero-order chi connectivity index (χ0) is 18.2. The molecule has 2 nitrogen and oxygen atoms in total. The molecular weight excluding hydrogens is 325 g/mol. The number of rotatable bonds is 8. The lowest BCUT2D eigenvalue weighted by molar-refractivity contribution is 0.294. The van der Waals surface area contributed by atoms with Crippen LogP contribution in [-0.2, 0) is 13.2 Å². The first-order valence-corrected chi connectivity index (χ1v) is 9.89. The van der Waals surface area contributed by atoms with Gasteiger partial charge in [0.25, 0.3) is 0 Å². The number of hydrogen-bond donors (Lipinski definition) is 1. The van der Waals surface area contributed by atoms with E-state index in [4.69, 9.17) is 4.74 Å². The van der Waals surface area contributed by atoms with Crippen molar-refractivity contribution in [3.05, 3.63) is 65.5 Å². The number of para-hydroxylation sites is 1. The van der Waals surface area contributed by atoms with E-state index in [-0.39, 0.29) is 5.82 Å². The lowest BCUT2D eigenvalue weighted by Crippen LogP contribution is -2.28. The van der Waals surface area contributed by atoms with E-state index in [9.17, 15) is 4.39 Å². The summed E-state index contributed by atoms with van der Waals surface area (Å²) in [5.74, 6) is 1.57. The average molecular weight is 355 g/mol. The van der Waals surface area contributed by atoms with Crippen molar-refractivity contribution in [3.63, 3.8) is 0 Å². The van der Waals surface area contributed by atoms with Gasteiger partial charge in [-0.3, -0.25) is 0 Å².